The van der Waals surface area contributed by atoms with E-state index in [0.717, 1.165) is 43.2 Å². The minimum absolute atomic E-state index is 0.0650. The number of benzene rings is 1. The van der Waals surface area contributed by atoms with Crippen LogP contribution >= 0.6 is 11.6 Å². The van der Waals surface area contributed by atoms with Gasteiger partial charge in [-0.05, 0) is 37.8 Å². The molecule has 0 bridgehead atoms. The molecule has 4 heterocycles. The maximum absolute atomic E-state index is 12.5. The summed E-state index contributed by atoms with van der Waals surface area (Å²) in [5.41, 5.74) is 9.47. The number of nitrogens with zero attached hydrogens (tertiary/aromatic N) is 4. The van der Waals surface area contributed by atoms with Gasteiger partial charge in [-0.3, -0.25) is 4.79 Å². The first-order valence-electron chi connectivity index (χ1n) is 10.8. The van der Waals surface area contributed by atoms with E-state index in [1.54, 1.807) is 6.07 Å². The predicted octanol–water partition coefficient (Wildman–Crippen LogP) is 3.45. The fraction of sp³-hybridized carbons (Fsp3) is 0.364. The van der Waals surface area contributed by atoms with Crippen molar-refractivity contribution >= 4 is 45.3 Å². The number of carbonyl (C=O) groups is 1. The van der Waals surface area contributed by atoms with E-state index >= 15 is 0 Å². The summed E-state index contributed by atoms with van der Waals surface area (Å²) in [5, 5.41) is 9.86. The lowest BCUT2D eigenvalue weighted by Crippen LogP contribution is -2.25. The number of hydrogen-bond donors (Lipinski definition) is 3. The Bertz CT molecular complexity index is 1350. The van der Waals surface area contributed by atoms with Crippen molar-refractivity contribution in [2.24, 2.45) is 0 Å². The SMILES string of the molecule is Nc1ncnc2c1c(-c1[nH]c3cc(C(=O)NC4CC4)ccc3c1Cl)nn2C1CCCOC1. The van der Waals surface area contributed by atoms with Crippen molar-refractivity contribution in [1.29, 1.82) is 0 Å². The number of hydrogen-bond acceptors (Lipinski definition) is 6. The average Bonchev–Trinajstić information content (AvgIpc) is 3.45. The van der Waals surface area contributed by atoms with Gasteiger partial charge in [0.2, 0.25) is 0 Å². The molecule has 1 saturated heterocycles. The molecular weight excluding hydrogens is 430 g/mol. The molecule has 164 valence electrons. The van der Waals surface area contributed by atoms with E-state index in [2.05, 4.69) is 20.3 Å². The van der Waals surface area contributed by atoms with Gasteiger partial charge in [0.1, 0.15) is 17.8 Å². The molecule has 4 N–H and O–H groups in total. The highest BCUT2D eigenvalue weighted by Crippen LogP contribution is 2.39. The Morgan fingerprint density at radius 2 is 2.16 bits per heavy atom. The number of nitrogens with one attached hydrogen (secondary N) is 2. The Morgan fingerprint density at radius 1 is 1.28 bits per heavy atom. The summed E-state index contributed by atoms with van der Waals surface area (Å²) in [6.07, 6.45) is 5.43. The van der Waals surface area contributed by atoms with Crippen LogP contribution < -0.4 is 11.1 Å². The second-order valence-corrected chi connectivity index (χ2v) is 8.82. The number of amides is 1. The van der Waals surface area contributed by atoms with Gasteiger partial charge < -0.3 is 20.8 Å². The van der Waals surface area contributed by atoms with Crippen molar-refractivity contribution in [2.45, 2.75) is 37.8 Å². The van der Waals surface area contributed by atoms with E-state index in [4.69, 9.17) is 27.2 Å². The molecule has 10 heteroatoms. The van der Waals surface area contributed by atoms with Gasteiger partial charge in [-0.25, -0.2) is 14.6 Å². The predicted molar refractivity (Wildman–Crippen MR) is 122 cm³/mol. The molecule has 32 heavy (non-hydrogen) atoms. The van der Waals surface area contributed by atoms with Crippen molar-refractivity contribution in [2.75, 3.05) is 18.9 Å². The van der Waals surface area contributed by atoms with Crippen LogP contribution in [-0.2, 0) is 4.74 Å². The van der Waals surface area contributed by atoms with E-state index in [1.807, 2.05) is 16.8 Å². The van der Waals surface area contributed by atoms with Gasteiger partial charge in [0.25, 0.3) is 5.91 Å². The van der Waals surface area contributed by atoms with E-state index in [-0.39, 0.29) is 11.9 Å². The van der Waals surface area contributed by atoms with Gasteiger partial charge in [-0.1, -0.05) is 17.7 Å². The van der Waals surface area contributed by atoms with Crippen LogP contribution in [0.2, 0.25) is 5.02 Å². The molecule has 1 atom stereocenters. The topological polar surface area (TPSA) is 124 Å². The van der Waals surface area contributed by atoms with Crippen molar-refractivity contribution in [3.63, 3.8) is 0 Å². The summed E-state index contributed by atoms with van der Waals surface area (Å²) in [4.78, 5) is 24.5. The molecule has 2 fully saturated rings. The van der Waals surface area contributed by atoms with Crippen LogP contribution in [0.5, 0.6) is 0 Å². The van der Waals surface area contributed by atoms with E-state index in [1.165, 1.54) is 6.33 Å². The number of carbonyl (C=O) groups excluding carboxylic acids is 1. The maximum atomic E-state index is 12.5. The largest absolute Gasteiger partial charge is 0.383 e. The number of aromatic amines is 1. The van der Waals surface area contributed by atoms with Gasteiger partial charge in [0.05, 0.1) is 28.8 Å². The lowest BCUT2D eigenvalue weighted by molar-refractivity contribution is 0.0564. The Kier molecular flexibility index (Phi) is 4.55. The Hall–Kier alpha value is -3.17. The number of halogens is 1. The molecule has 6 rings (SSSR count). The van der Waals surface area contributed by atoms with Gasteiger partial charge in [-0.15, -0.1) is 0 Å². The number of nitrogens with two attached hydrogens (primary N) is 1. The van der Waals surface area contributed by atoms with Crippen LogP contribution in [0.4, 0.5) is 5.82 Å². The second-order valence-electron chi connectivity index (χ2n) is 8.44. The van der Waals surface area contributed by atoms with Crippen molar-refractivity contribution in [3.05, 3.63) is 35.1 Å². The minimum atomic E-state index is -0.0775. The molecule has 1 saturated carbocycles. The van der Waals surface area contributed by atoms with Crippen LogP contribution in [0.15, 0.2) is 24.5 Å². The van der Waals surface area contributed by atoms with Crippen LogP contribution in [0.1, 0.15) is 42.1 Å². The fourth-order valence-corrected chi connectivity index (χ4v) is 4.61. The zero-order valence-electron chi connectivity index (χ0n) is 17.3. The van der Waals surface area contributed by atoms with Crippen LogP contribution in [-0.4, -0.2) is 49.9 Å². The van der Waals surface area contributed by atoms with E-state index in [0.29, 0.717) is 51.5 Å². The molecule has 3 aromatic heterocycles. The van der Waals surface area contributed by atoms with Gasteiger partial charge in [-0.2, -0.15) is 5.10 Å². The Balaban J connectivity index is 1.48. The number of aromatic nitrogens is 5. The monoisotopic (exact) mass is 451 g/mol. The first-order chi connectivity index (χ1) is 15.6. The van der Waals surface area contributed by atoms with Gasteiger partial charge in [0.15, 0.2) is 5.65 Å². The summed E-state index contributed by atoms with van der Waals surface area (Å²) in [7, 11) is 0. The number of rotatable bonds is 4. The third-order valence-corrected chi connectivity index (χ3v) is 6.54. The van der Waals surface area contributed by atoms with E-state index in [9.17, 15) is 4.79 Å². The van der Waals surface area contributed by atoms with Crippen LogP contribution in [0.25, 0.3) is 33.3 Å². The first-order valence-corrected chi connectivity index (χ1v) is 11.2. The molecular formula is C22H22ClN7O2. The molecule has 1 aliphatic heterocycles. The molecule has 4 aromatic rings. The third kappa shape index (κ3) is 3.20. The Morgan fingerprint density at radius 3 is 2.94 bits per heavy atom. The van der Waals surface area contributed by atoms with E-state index < -0.39 is 0 Å². The molecule has 2 aliphatic rings. The summed E-state index contributed by atoms with van der Waals surface area (Å²) >= 11 is 6.78. The van der Waals surface area contributed by atoms with Crippen molar-refractivity contribution in [3.8, 4) is 11.4 Å². The second kappa shape index (κ2) is 7.46. The fourth-order valence-electron chi connectivity index (χ4n) is 4.31. The minimum Gasteiger partial charge on any atom is -0.383 e. The number of H-pyrrole nitrogens is 1. The van der Waals surface area contributed by atoms with Crippen LogP contribution in [0.3, 0.4) is 0 Å². The lowest BCUT2D eigenvalue weighted by Gasteiger charge is -2.22. The maximum Gasteiger partial charge on any atom is 0.251 e. The van der Waals surface area contributed by atoms with Crippen LogP contribution in [0, 0.1) is 0 Å². The highest BCUT2D eigenvalue weighted by molar-refractivity contribution is 6.38. The molecule has 9 nitrogen and oxygen atoms in total. The number of anilines is 1. The van der Waals surface area contributed by atoms with Gasteiger partial charge in [0, 0.05) is 29.1 Å². The summed E-state index contributed by atoms with van der Waals surface area (Å²) in [5.74, 6) is 0.263. The number of nitrogen functional groups attached to an aromatic ring is 1. The number of fused-ring (bicyclic) bond motifs is 2. The Labute approximate surface area is 188 Å². The highest BCUT2D eigenvalue weighted by atomic mass is 35.5. The normalized spacial score (nSPS) is 19.0. The smallest absolute Gasteiger partial charge is 0.251 e. The zero-order chi connectivity index (χ0) is 21.8. The lowest BCUT2D eigenvalue weighted by atomic mass is 10.1. The summed E-state index contributed by atoms with van der Waals surface area (Å²) < 4.78 is 7.54. The molecule has 1 unspecified atom stereocenters. The zero-order valence-corrected chi connectivity index (χ0v) is 18.0. The quantitative estimate of drug-likeness (QED) is 0.436. The van der Waals surface area contributed by atoms with Crippen molar-refractivity contribution in [1.82, 2.24) is 30.0 Å². The standard InChI is InChI=1S/C22H22ClN7O2/c23-17-14-6-3-11(22(31)27-12-4-5-12)8-15(14)28-19(17)18-16-20(24)25-10-26-21(16)30(29-18)13-2-1-7-32-9-13/h3,6,8,10,12-13,28H,1-2,4-5,7,9H2,(H,27,31)(H2,24,25,26). The molecule has 0 spiro atoms. The number of ether oxygens (including phenoxy) is 1. The first kappa shape index (κ1) is 19.5. The molecule has 1 aromatic carbocycles. The average molecular weight is 452 g/mol. The highest BCUT2D eigenvalue weighted by Gasteiger charge is 2.27. The molecule has 1 amide bonds. The summed E-state index contributed by atoms with van der Waals surface area (Å²) in [6.45, 7) is 1.32. The molecule has 1 aliphatic carbocycles. The third-order valence-electron chi connectivity index (χ3n) is 6.15. The molecule has 0 radical (unpaired) electrons. The summed E-state index contributed by atoms with van der Waals surface area (Å²) in [6, 6.07) is 5.82. The van der Waals surface area contributed by atoms with Crippen molar-refractivity contribution < 1.29 is 9.53 Å². The van der Waals surface area contributed by atoms with Gasteiger partial charge >= 0.3 is 0 Å².